The minimum atomic E-state index is -0.0981. The summed E-state index contributed by atoms with van der Waals surface area (Å²) in [7, 11) is 0. The van der Waals surface area contributed by atoms with Crippen molar-refractivity contribution in [3.63, 3.8) is 0 Å². The molecule has 0 heterocycles. The smallest absolute Gasteiger partial charge is 0.188 e. The molecule has 0 aliphatic rings. The Bertz CT molecular complexity index is 377. The summed E-state index contributed by atoms with van der Waals surface area (Å²) < 4.78 is 23.1. The molecule has 35 heavy (non-hydrogen) atoms. The lowest BCUT2D eigenvalue weighted by molar-refractivity contribution is -0.146. The van der Waals surface area contributed by atoms with Crippen molar-refractivity contribution in [2.45, 2.75) is 162 Å². The number of allylic oxidation sites excluding steroid dienone is 1. The van der Waals surface area contributed by atoms with Crippen molar-refractivity contribution < 1.29 is 18.9 Å². The quantitative estimate of drug-likeness (QED) is 0.0560. The Hall–Kier alpha value is -0.580. The van der Waals surface area contributed by atoms with Crippen LogP contribution in [0.15, 0.2) is 12.3 Å². The predicted octanol–water partition coefficient (Wildman–Crippen LogP) is 10.1. The summed E-state index contributed by atoms with van der Waals surface area (Å²) in [5, 5.41) is 0. The topological polar surface area (TPSA) is 36.9 Å². The van der Waals surface area contributed by atoms with Crippen molar-refractivity contribution in [2.75, 3.05) is 26.6 Å². The zero-order chi connectivity index (χ0) is 25.5. The summed E-state index contributed by atoms with van der Waals surface area (Å²) in [6.45, 7) is 9.49. The van der Waals surface area contributed by atoms with Crippen LogP contribution in [0.2, 0.25) is 0 Å². The van der Waals surface area contributed by atoms with Gasteiger partial charge in [-0.3, -0.25) is 0 Å². The molecule has 0 amide bonds. The van der Waals surface area contributed by atoms with Gasteiger partial charge in [0.2, 0.25) is 0 Å². The van der Waals surface area contributed by atoms with Crippen LogP contribution in [0.5, 0.6) is 0 Å². The van der Waals surface area contributed by atoms with E-state index in [1.807, 2.05) is 0 Å². The van der Waals surface area contributed by atoms with Gasteiger partial charge in [-0.1, -0.05) is 124 Å². The number of unbranched alkanes of at least 4 members (excludes halogenated alkanes) is 16. The largest absolute Gasteiger partial charge is 0.475 e. The lowest BCUT2D eigenvalue weighted by Gasteiger charge is -2.18. The Balaban J connectivity index is 3.94. The third-order valence-corrected chi connectivity index (χ3v) is 6.41. The molecule has 0 radical (unpaired) electrons. The average molecular weight is 499 g/mol. The molecule has 0 bridgehead atoms. The van der Waals surface area contributed by atoms with Gasteiger partial charge in [0, 0.05) is 19.6 Å². The van der Waals surface area contributed by atoms with E-state index >= 15 is 0 Å². The van der Waals surface area contributed by atoms with Crippen molar-refractivity contribution in [3.05, 3.63) is 12.3 Å². The van der Waals surface area contributed by atoms with Crippen LogP contribution in [0.4, 0.5) is 0 Å². The third-order valence-electron chi connectivity index (χ3n) is 6.41. The number of hydrogen-bond donors (Lipinski definition) is 0. The molecule has 0 aliphatic carbocycles. The van der Waals surface area contributed by atoms with Gasteiger partial charge in [0.05, 0.1) is 12.9 Å². The summed E-state index contributed by atoms with van der Waals surface area (Å²) in [4.78, 5) is 0. The van der Waals surface area contributed by atoms with E-state index in [-0.39, 0.29) is 6.29 Å². The van der Waals surface area contributed by atoms with Crippen molar-refractivity contribution in [3.8, 4) is 0 Å². The predicted molar refractivity (Wildman–Crippen MR) is 151 cm³/mol. The Morgan fingerprint density at radius 3 is 1.46 bits per heavy atom. The summed E-state index contributed by atoms with van der Waals surface area (Å²) in [6, 6.07) is 0. The van der Waals surface area contributed by atoms with Gasteiger partial charge in [-0.15, -0.1) is 0 Å². The van der Waals surface area contributed by atoms with Crippen molar-refractivity contribution >= 4 is 0 Å². The molecule has 0 N–H and O–H groups in total. The van der Waals surface area contributed by atoms with E-state index in [4.69, 9.17) is 18.9 Å². The maximum atomic E-state index is 6.12. The first-order valence-corrected chi connectivity index (χ1v) is 15.4. The zero-order valence-corrected chi connectivity index (χ0v) is 24.0. The van der Waals surface area contributed by atoms with Crippen LogP contribution >= 0.6 is 0 Å². The van der Waals surface area contributed by atoms with E-state index in [9.17, 15) is 0 Å². The van der Waals surface area contributed by atoms with E-state index in [0.29, 0.717) is 6.79 Å². The van der Waals surface area contributed by atoms with Crippen molar-refractivity contribution in [1.82, 2.24) is 0 Å². The molecule has 0 aromatic heterocycles. The SMILES string of the molecule is CCCCCCCCCCOC(CCC=COCOCCCCC)OCCCCCCCCCC. The van der Waals surface area contributed by atoms with Crippen LogP contribution in [0.3, 0.4) is 0 Å². The monoisotopic (exact) mass is 498 g/mol. The van der Waals surface area contributed by atoms with Gasteiger partial charge < -0.3 is 18.9 Å². The van der Waals surface area contributed by atoms with Crippen LogP contribution < -0.4 is 0 Å². The molecule has 0 unspecified atom stereocenters. The standard InChI is InChI=1S/C31H62O4/c1-4-7-10-12-14-16-18-22-28-34-31(35-29-23-19-17-15-13-11-8-5-2)25-20-24-27-33-30-32-26-21-9-6-3/h24,27,31H,4-23,25-26,28-30H2,1-3H3. The maximum absolute atomic E-state index is 6.12. The molecule has 0 atom stereocenters. The van der Waals surface area contributed by atoms with Gasteiger partial charge in [0.15, 0.2) is 13.1 Å². The van der Waals surface area contributed by atoms with Crippen LogP contribution in [-0.2, 0) is 18.9 Å². The van der Waals surface area contributed by atoms with Crippen LogP contribution in [0, 0.1) is 0 Å². The van der Waals surface area contributed by atoms with Gasteiger partial charge >= 0.3 is 0 Å². The highest BCUT2D eigenvalue weighted by atomic mass is 16.7. The van der Waals surface area contributed by atoms with Gasteiger partial charge in [-0.25, -0.2) is 0 Å². The molecule has 0 saturated heterocycles. The van der Waals surface area contributed by atoms with Crippen molar-refractivity contribution in [2.24, 2.45) is 0 Å². The maximum Gasteiger partial charge on any atom is 0.188 e. The Kier molecular flexibility index (Phi) is 30.9. The first-order chi connectivity index (χ1) is 17.3. The summed E-state index contributed by atoms with van der Waals surface area (Å²) in [5.74, 6) is 0. The molecule has 0 saturated carbocycles. The molecular weight excluding hydrogens is 436 g/mol. The lowest BCUT2D eigenvalue weighted by atomic mass is 10.1. The molecule has 0 rings (SSSR count). The first kappa shape index (κ1) is 34.4. The van der Waals surface area contributed by atoms with Crippen LogP contribution in [0.25, 0.3) is 0 Å². The summed E-state index contributed by atoms with van der Waals surface area (Å²) >= 11 is 0. The number of rotatable bonds is 30. The van der Waals surface area contributed by atoms with Gasteiger partial charge in [-0.05, 0) is 31.8 Å². The highest BCUT2D eigenvalue weighted by Gasteiger charge is 2.08. The lowest BCUT2D eigenvalue weighted by Crippen LogP contribution is -2.18. The fourth-order valence-electron chi connectivity index (χ4n) is 4.09. The van der Waals surface area contributed by atoms with Gasteiger partial charge in [0.1, 0.15) is 0 Å². The highest BCUT2D eigenvalue weighted by molar-refractivity contribution is 4.73. The Morgan fingerprint density at radius 1 is 0.514 bits per heavy atom. The fraction of sp³-hybridized carbons (Fsp3) is 0.935. The minimum Gasteiger partial charge on any atom is -0.475 e. The molecule has 4 nitrogen and oxygen atoms in total. The molecule has 0 spiro atoms. The van der Waals surface area contributed by atoms with Gasteiger partial charge in [0.25, 0.3) is 0 Å². The molecule has 0 fully saturated rings. The minimum absolute atomic E-state index is 0.0981. The molecule has 0 aliphatic heterocycles. The number of hydrogen-bond acceptors (Lipinski definition) is 4. The average Bonchev–Trinajstić information content (AvgIpc) is 2.87. The normalized spacial score (nSPS) is 11.8. The highest BCUT2D eigenvalue weighted by Crippen LogP contribution is 2.13. The van der Waals surface area contributed by atoms with E-state index < -0.39 is 0 Å². The van der Waals surface area contributed by atoms with Gasteiger partial charge in [-0.2, -0.15) is 0 Å². The second-order valence-corrected chi connectivity index (χ2v) is 9.97. The molecule has 0 aromatic rings. The molecule has 0 aromatic carbocycles. The first-order valence-electron chi connectivity index (χ1n) is 15.4. The zero-order valence-electron chi connectivity index (χ0n) is 24.0. The van der Waals surface area contributed by atoms with E-state index in [2.05, 4.69) is 26.8 Å². The van der Waals surface area contributed by atoms with E-state index in [1.165, 1.54) is 103 Å². The van der Waals surface area contributed by atoms with Crippen molar-refractivity contribution in [1.29, 1.82) is 0 Å². The molecular formula is C31H62O4. The third kappa shape index (κ3) is 29.5. The second kappa shape index (κ2) is 31.4. The molecule has 4 heteroatoms. The fourth-order valence-corrected chi connectivity index (χ4v) is 4.09. The van der Waals surface area contributed by atoms with Crippen LogP contribution in [-0.4, -0.2) is 32.9 Å². The summed E-state index contributed by atoms with van der Waals surface area (Å²) in [6.07, 6.45) is 30.2. The number of ether oxygens (including phenoxy) is 4. The Labute approximate surface area is 219 Å². The Morgan fingerprint density at radius 2 is 0.943 bits per heavy atom. The van der Waals surface area contributed by atoms with Crippen LogP contribution in [0.1, 0.15) is 156 Å². The van der Waals surface area contributed by atoms with E-state index in [1.54, 1.807) is 6.26 Å². The van der Waals surface area contributed by atoms with E-state index in [0.717, 1.165) is 51.9 Å². The second-order valence-electron chi connectivity index (χ2n) is 9.97. The molecule has 210 valence electrons. The summed E-state index contributed by atoms with van der Waals surface area (Å²) in [5.41, 5.74) is 0.